The highest BCUT2D eigenvalue weighted by Crippen LogP contribution is 2.23. The molecule has 27 heavy (non-hydrogen) atoms. The summed E-state index contributed by atoms with van der Waals surface area (Å²) in [4.78, 5) is 27.2. The Hall–Kier alpha value is -2.73. The first-order chi connectivity index (χ1) is 13.0. The maximum Gasteiger partial charge on any atom is 0.258 e. The lowest BCUT2D eigenvalue weighted by Crippen LogP contribution is -2.40. The molecule has 1 aliphatic heterocycles. The number of likely N-dealkylation sites (N-methyl/N-ethyl adjacent to an activating group) is 1. The Morgan fingerprint density at radius 3 is 2.74 bits per heavy atom. The van der Waals surface area contributed by atoms with Gasteiger partial charge in [-0.25, -0.2) is 4.39 Å². The maximum absolute atomic E-state index is 13.8. The van der Waals surface area contributed by atoms with E-state index in [2.05, 4.69) is 10.6 Å². The zero-order valence-electron chi connectivity index (χ0n) is 15.6. The van der Waals surface area contributed by atoms with Crippen LogP contribution in [-0.2, 0) is 0 Å². The normalized spacial score (nSPS) is 16.4. The molecule has 1 heterocycles. The molecule has 2 aromatic rings. The Morgan fingerprint density at radius 2 is 2.00 bits per heavy atom. The summed E-state index contributed by atoms with van der Waals surface area (Å²) in [5.74, 6) is -1.16. The molecule has 0 spiro atoms. The number of halogens is 1. The van der Waals surface area contributed by atoms with Gasteiger partial charge in [0, 0.05) is 30.4 Å². The lowest BCUT2D eigenvalue weighted by molar-refractivity contribution is 0.0736. The molecule has 5 nitrogen and oxygen atoms in total. The lowest BCUT2D eigenvalue weighted by Gasteiger charge is -2.25. The van der Waals surface area contributed by atoms with E-state index in [0.29, 0.717) is 11.3 Å². The first-order valence-electron chi connectivity index (χ1n) is 9.13. The van der Waals surface area contributed by atoms with E-state index in [9.17, 15) is 14.0 Å². The van der Waals surface area contributed by atoms with E-state index in [1.807, 2.05) is 18.9 Å². The minimum Gasteiger partial charge on any atom is -0.334 e. The number of carbonyl (C=O) groups is 2. The average molecular weight is 369 g/mol. The summed E-state index contributed by atoms with van der Waals surface area (Å²) in [6.07, 6.45) is 1.97. The van der Waals surface area contributed by atoms with Gasteiger partial charge in [-0.15, -0.1) is 0 Å². The number of benzene rings is 2. The number of anilines is 1. The summed E-state index contributed by atoms with van der Waals surface area (Å²) < 4.78 is 13.8. The standard InChI is InChI=1S/C21H24FN3O2/c1-14-9-10-15(21(27)25-11-5-6-16(25)13-23-2)12-19(14)24-20(26)17-7-3-4-8-18(17)22/h3-4,7-10,12,16,23H,5-6,11,13H2,1-2H3,(H,24,26). The van der Waals surface area contributed by atoms with E-state index < -0.39 is 11.7 Å². The third kappa shape index (κ3) is 4.17. The smallest absolute Gasteiger partial charge is 0.258 e. The van der Waals surface area contributed by atoms with Crippen molar-refractivity contribution in [1.29, 1.82) is 0 Å². The van der Waals surface area contributed by atoms with Crippen LogP contribution in [-0.4, -0.2) is 42.9 Å². The van der Waals surface area contributed by atoms with Crippen LogP contribution in [0.3, 0.4) is 0 Å². The molecule has 0 aliphatic carbocycles. The number of aryl methyl sites for hydroxylation is 1. The summed E-state index contributed by atoms with van der Waals surface area (Å²) in [6.45, 7) is 3.33. The van der Waals surface area contributed by atoms with Crippen molar-refractivity contribution in [2.24, 2.45) is 0 Å². The van der Waals surface area contributed by atoms with Gasteiger partial charge in [0.05, 0.1) is 5.56 Å². The van der Waals surface area contributed by atoms with Gasteiger partial charge in [-0.05, 0) is 56.6 Å². The van der Waals surface area contributed by atoms with Crippen molar-refractivity contribution in [3.05, 3.63) is 65.0 Å². The molecule has 1 atom stereocenters. The molecule has 2 amide bonds. The van der Waals surface area contributed by atoms with Crippen LogP contribution in [0.1, 0.15) is 39.1 Å². The second-order valence-electron chi connectivity index (χ2n) is 6.82. The van der Waals surface area contributed by atoms with Crippen molar-refractivity contribution < 1.29 is 14.0 Å². The monoisotopic (exact) mass is 369 g/mol. The fourth-order valence-electron chi connectivity index (χ4n) is 3.44. The van der Waals surface area contributed by atoms with Crippen LogP contribution in [0.5, 0.6) is 0 Å². The highest BCUT2D eigenvalue weighted by Gasteiger charge is 2.29. The molecule has 2 aromatic carbocycles. The fraction of sp³-hybridized carbons (Fsp3) is 0.333. The average Bonchev–Trinajstić information content (AvgIpc) is 3.12. The number of hydrogen-bond donors (Lipinski definition) is 2. The second kappa shape index (κ2) is 8.31. The lowest BCUT2D eigenvalue weighted by atomic mass is 10.1. The van der Waals surface area contributed by atoms with E-state index in [-0.39, 0.29) is 17.5 Å². The quantitative estimate of drug-likeness (QED) is 0.851. The highest BCUT2D eigenvalue weighted by atomic mass is 19.1. The summed E-state index contributed by atoms with van der Waals surface area (Å²) >= 11 is 0. The molecule has 0 saturated carbocycles. The molecule has 2 N–H and O–H groups in total. The summed E-state index contributed by atoms with van der Waals surface area (Å²) in [7, 11) is 1.88. The minimum atomic E-state index is -0.577. The number of nitrogens with zero attached hydrogens (tertiary/aromatic N) is 1. The molecule has 0 bridgehead atoms. The van der Waals surface area contributed by atoms with Crippen LogP contribution in [0.25, 0.3) is 0 Å². The van der Waals surface area contributed by atoms with Gasteiger partial charge >= 0.3 is 0 Å². The van der Waals surface area contributed by atoms with Gasteiger partial charge in [-0.2, -0.15) is 0 Å². The van der Waals surface area contributed by atoms with Crippen LogP contribution < -0.4 is 10.6 Å². The Kier molecular flexibility index (Phi) is 5.86. The maximum atomic E-state index is 13.8. The largest absolute Gasteiger partial charge is 0.334 e. The van der Waals surface area contributed by atoms with Crippen molar-refractivity contribution in [1.82, 2.24) is 10.2 Å². The van der Waals surface area contributed by atoms with Gasteiger partial charge in [0.25, 0.3) is 11.8 Å². The SMILES string of the molecule is CNCC1CCCN1C(=O)c1ccc(C)c(NC(=O)c2ccccc2F)c1. The van der Waals surface area contributed by atoms with Crippen LogP contribution in [0.4, 0.5) is 10.1 Å². The topological polar surface area (TPSA) is 61.4 Å². The van der Waals surface area contributed by atoms with Crippen LogP contribution >= 0.6 is 0 Å². The second-order valence-corrected chi connectivity index (χ2v) is 6.82. The fourth-order valence-corrected chi connectivity index (χ4v) is 3.44. The molecule has 0 radical (unpaired) electrons. The molecule has 1 saturated heterocycles. The van der Waals surface area contributed by atoms with Crippen molar-refractivity contribution in [2.45, 2.75) is 25.8 Å². The van der Waals surface area contributed by atoms with Crippen molar-refractivity contribution in [3.8, 4) is 0 Å². The van der Waals surface area contributed by atoms with Gasteiger partial charge in [0.1, 0.15) is 5.82 Å². The Labute approximate surface area is 158 Å². The van der Waals surface area contributed by atoms with Gasteiger partial charge in [0.2, 0.25) is 0 Å². The predicted molar refractivity (Wildman–Crippen MR) is 104 cm³/mol. The molecule has 1 fully saturated rings. The molecular formula is C21H24FN3O2. The van der Waals surface area contributed by atoms with E-state index >= 15 is 0 Å². The van der Waals surface area contributed by atoms with Gasteiger partial charge in [-0.1, -0.05) is 18.2 Å². The Bertz CT molecular complexity index is 853. The summed E-state index contributed by atoms with van der Waals surface area (Å²) in [6, 6.07) is 11.2. The molecule has 6 heteroatoms. The molecule has 1 aliphatic rings. The number of rotatable bonds is 5. The van der Waals surface area contributed by atoms with Crippen LogP contribution in [0, 0.1) is 12.7 Å². The third-order valence-corrected chi connectivity index (χ3v) is 4.93. The van der Waals surface area contributed by atoms with Crippen LogP contribution in [0.15, 0.2) is 42.5 Å². The molecule has 1 unspecified atom stereocenters. The molecular weight excluding hydrogens is 345 g/mol. The molecule has 3 rings (SSSR count). The highest BCUT2D eigenvalue weighted by molar-refractivity contribution is 6.05. The zero-order chi connectivity index (χ0) is 19.4. The first-order valence-corrected chi connectivity index (χ1v) is 9.13. The van der Waals surface area contributed by atoms with Crippen molar-refractivity contribution >= 4 is 17.5 Å². The predicted octanol–water partition coefficient (Wildman–Crippen LogP) is 3.21. The van der Waals surface area contributed by atoms with Crippen LogP contribution in [0.2, 0.25) is 0 Å². The number of hydrogen-bond acceptors (Lipinski definition) is 3. The number of amides is 2. The van der Waals surface area contributed by atoms with Crippen molar-refractivity contribution in [3.63, 3.8) is 0 Å². The zero-order valence-corrected chi connectivity index (χ0v) is 15.6. The van der Waals surface area contributed by atoms with E-state index in [0.717, 1.165) is 31.5 Å². The molecule has 0 aromatic heterocycles. The van der Waals surface area contributed by atoms with Crippen molar-refractivity contribution in [2.75, 3.05) is 25.5 Å². The summed E-state index contributed by atoms with van der Waals surface area (Å²) in [5, 5.41) is 5.86. The minimum absolute atomic E-state index is 0.0257. The van der Waals surface area contributed by atoms with Gasteiger partial charge in [0.15, 0.2) is 0 Å². The molecule has 142 valence electrons. The van der Waals surface area contributed by atoms with E-state index in [1.165, 1.54) is 18.2 Å². The Balaban J connectivity index is 1.81. The Morgan fingerprint density at radius 1 is 1.22 bits per heavy atom. The number of nitrogens with one attached hydrogen (secondary N) is 2. The van der Waals surface area contributed by atoms with E-state index in [1.54, 1.807) is 24.3 Å². The van der Waals surface area contributed by atoms with Gasteiger partial charge < -0.3 is 15.5 Å². The van der Waals surface area contributed by atoms with Gasteiger partial charge in [-0.3, -0.25) is 9.59 Å². The first kappa shape index (κ1) is 19.0. The third-order valence-electron chi connectivity index (χ3n) is 4.93. The summed E-state index contributed by atoms with van der Waals surface area (Å²) in [5.41, 5.74) is 1.82. The number of likely N-dealkylation sites (tertiary alicyclic amines) is 1. The van der Waals surface area contributed by atoms with E-state index in [4.69, 9.17) is 0 Å². The number of carbonyl (C=O) groups excluding carboxylic acids is 2.